The van der Waals surface area contributed by atoms with E-state index in [1.54, 1.807) is 30.3 Å². The molecule has 0 aliphatic heterocycles. The van der Waals surface area contributed by atoms with Crippen molar-refractivity contribution in [2.75, 3.05) is 5.43 Å². The van der Waals surface area contributed by atoms with Gasteiger partial charge in [0.2, 0.25) is 0 Å². The summed E-state index contributed by atoms with van der Waals surface area (Å²) in [6.45, 7) is 1.29. The molecule has 0 atom stereocenters. The number of nitrogens with one attached hydrogen (secondary N) is 1. The van der Waals surface area contributed by atoms with Crippen molar-refractivity contribution in [2.24, 2.45) is 0 Å². The van der Waals surface area contributed by atoms with Crippen LogP contribution in [0.15, 0.2) is 53.3 Å². The maximum absolute atomic E-state index is 12.6. The molecule has 126 valence electrons. The van der Waals surface area contributed by atoms with Crippen LogP contribution < -0.4 is 11.0 Å². The molecule has 0 fully saturated rings. The molecule has 2 aromatic carbocycles. The van der Waals surface area contributed by atoms with E-state index in [9.17, 15) is 14.4 Å². The molecule has 0 aliphatic carbocycles. The van der Waals surface area contributed by atoms with Gasteiger partial charge in [0.1, 0.15) is 0 Å². The van der Waals surface area contributed by atoms with Crippen LogP contribution in [0.2, 0.25) is 10.0 Å². The highest BCUT2D eigenvalue weighted by atomic mass is 35.5. The van der Waals surface area contributed by atoms with Gasteiger partial charge in [-0.25, -0.2) is 4.68 Å². The molecule has 5 nitrogen and oxygen atoms in total. The Morgan fingerprint density at radius 3 is 2.24 bits per heavy atom. The van der Waals surface area contributed by atoms with Crippen molar-refractivity contribution >= 4 is 45.8 Å². The van der Waals surface area contributed by atoms with Crippen LogP contribution in [0, 0.1) is 0 Å². The molecular formula is C18H12Cl2N2O3. The molecule has 25 heavy (non-hydrogen) atoms. The first-order valence-corrected chi connectivity index (χ1v) is 8.05. The maximum Gasteiger partial charge on any atom is 0.280 e. The summed E-state index contributed by atoms with van der Waals surface area (Å²) in [5.41, 5.74) is 2.65. The smallest absolute Gasteiger partial charge is 0.280 e. The van der Waals surface area contributed by atoms with Gasteiger partial charge >= 0.3 is 0 Å². The van der Waals surface area contributed by atoms with Crippen molar-refractivity contribution in [3.63, 3.8) is 0 Å². The van der Waals surface area contributed by atoms with Gasteiger partial charge in [0.15, 0.2) is 5.78 Å². The molecule has 0 aliphatic rings. The van der Waals surface area contributed by atoms with Crippen LogP contribution >= 0.6 is 23.2 Å². The van der Waals surface area contributed by atoms with E-state index in [1.165, 1.54) is 25.1 Å². The number of carbonyl (C=O) groups is 2. The standard InChI is InChI=1S/C18H12Cl2N2O3/c1-10(23)15-9-12-8-14(20)6-7-16(12)22(18(15)25)21-17(24)11-2-4-13(19)5-3-11/h2-9H,1H3,(H,21,24). The van der Waals surface area contributed by atoms with E-state index >= 15 is 0 Å². The Hall–Kier alpha value is -2.63. The van der Waals surface area contributed by atoms with Crippen LogP contribution in [0.3, 0.4) is 0 Å². The number of benzene rings is 2. The van der Waals surface area contributed by atoms with Crippen LogP contribution in [-0.2, 0) is 0 Å². The van der Waals surface area contributed by atoms with Crippen LogP contribution in [0.25, 0.3) is 10.9 Å². The van der Waals surface area contributed by atoms with Gasteiger partial charge in [0.25, 0.3) is 11.5 Å². The highest BCUT2D eigenvalue weighted by molar-refractivity contribution is 6.31. The molecule has 1 amide bonds. The quantitative estimate of drug-likeness (QED) is 0.706. The SMILES string of the molecule is CC(=O)c1cc2cc(Cl)ccc2n(NC(=O)c2ccc(Cl)cc2)c1=O. The molecular weight excluding hydrogens is 363 g/mol. The number of fused-ring (bicyclic) bond motifs is 1. The van der Waals surface area contributed by atoms with Gasteiger partial charge in [-0.05, 0) is 55.5 Å². The summed E-state index contributed by atoms with van der Waals surface area (Å²) in [7, 11) is 0. The molecule has 1 N–H and O–H groups in total. The summed E-state index contributed by atoms with van der Waals surface area (Å²) in [5, 5.41) is 1.51. The predicted octanol–water partition coefficient (Wildman–Crippen LogP) is 3.89. The molecule has 0 unspecified atom stereocenters. The second-order valence-corrected chi connectivity index (χ2v) is 6.28. The molecule has 0 radical (unpaired) electrons. The van der Waals surface area contributed by atoms with Crippen LogP contribution in [0.1, 0.15) is 27.6 Å². The first-order chi connectivity index (χ1) is 11.9. The summed E-state index contributed by atoms with van der Waals surface area (Å²) in [5.74, 6) is -0.905. The monoisotopic (exact) mass is 374 g/mol. The van der Waals surface area contributed by atoms with Crippen molar-refractivity contribution in [3.8, 4) is 0 Å². The van der Waals surface area contributed by atoms with E-state index in [2.05, 4.69) is 5.43 Å². The fraction of sp³-hybridized carbons (Fsp3) is 0.0556. The van der Waals surface area contributed by atoms with Gasteiger partial charge in [-0.1, -0.05) is 23.2 Å². The molecule has 7 heteroatoms. The fourth-order valence-electron chi connectivity index (χ4n) is 2.42. The Bertz CT molecular complexity index is 1060. The van der Waals surface area contributed by atoms with E-state index in [1.807, 2.05) is 0 Å². The molecule has 0 saturated heterocycles. The second-order valence-electron chi connectivity index (χ2n) is 5.41. The lowest BCUT2D eigenvalue weighted by Crippen LogP contribution is -2.35. The number of carbonyl (C=O) groups excluding carboxylic acids is 2. The van der Waals surface area contributed by atoms with Gasteiger partial charge < -0.3 is 0 Å². The number of hydrogen-bond donors (Lipinski definition) is 1. The number of Topliss-reactive ketones (excluding diaryl/α,β-unsaturated/α-hetero) is 1. The minimum Gasteiger partial charge on any atom is -0.294 e. The summed E-state index contributed by atoms with van der Waals surface area (Å²) >= 11 is 11.8. The van der Waals surface area contributed by atoms with Crippen molar-refractivity contribution in [2.45, 2.75) is 6.92 Å². The van der Waals surface area contributed by atoms with E-state index in [0.717, 1.165) is 4.68 Å². The summed E-state index contributed by atoms with van der Waals surface area (Å²) < 4.78 is 1.05. The largest absolute Gasteiger partial charge is 0.294 e. The maximum atomic E-state index is 12.6. The third kappa shape index (κ3) is 3.43. The topological polar surface area (TPSA) is 68.2 Å². The Balaban J connectivity index is 2.15. The average Bonchev–Trinajstić information content (AvgIpc) is 2.57. The van der Waals surface area contributed by atoms with Gasteiger partial charge in [-0.2, -0.15) is 0 Å². The lowest BCUT2D eigenvalue weighted by atomic mass is 10.1. The molecule has 0 bridgehead atoms. The number of ketones is 1. The number of hydrogen-bond acceptors (Lipinski definition) is 3. The van der Waals surface area contributed by atoms with Crippen LogP contribution in [-0.4, -0.2) is 16.4 Å². The zero-order chi connectivity index (χ0) is 18.1. The number of amides is 1. The second kappa shape index (κ2) is 6.70. The van der Waals surface area contributed by atoms with E-state index in [0.29, 0.717) is 26.5 Å². The predicted molar refractivity (Wildman–Crippen MR) is 98.4 cm³/mol. The number of halogens is 2. The lowest BCUT2D eigenvalue weighted by Gasteiger charge is -2.13. The van der Waals surface area contributed by atoms with Gasteiger partial charge in [0, 0.05) is 21.0 Å². The Labute approximate surface area is 152 Å². The van der Waals surface area contributed by atoms with Crippen LogP contribution in [0.5, 0.6) is 0 Å². The highest BCUT2D eigenvalue weighted by Gasteiger charge is 2.15. The Kier molecular flexibility index (Phi) is 4.61. The molecule has 1 heterocycles. The minimum absolute atomic E-state index is 0.0360. The van der Waals surface area contributed by atoms with E-state index in [-0.39, 0.29) is 5.56 Å². The van der Waals surface area contributed by atoms with Crippen molar-refractivity contribution in [3.05, 3.63) is 80.1 Å². The van der Waals surface area contributed by atoms with Crippen LogP contribution in [0.4, 0.5) is 0 Å². The summed E-state index contributed by atoms with van der Waals surface area (Å²) in [6, 6.07) is 12.5. The third-order valence-electron chi connectivity index (χ3n) is 3.66. The van der Waals surface area contributed by atoms with Crippen molar-refractivity contribution in [1.82, 2.24) is 4.68 Å². The number of rotatable bonds is 3. The van der Waals surface area contributed by atoms with E-state index < -0.39 is 17.2 Å². The number of aromatic nitrogens is 1. The highest BCUT2D eigenvalue weighted by Crippen LogP contribution is 2.19. The molecule has 3 aromatic rings. The van der Waals surface area contributed by atoms with Crippen molar-refractivity contribution < 1.29 is 9.59 Å². The molecule has 0 saturated carbocycles. The summed E-state index contributed by atoms with van der Waals surface area (Å²) in [6.07, 6.45) is 0. The zero-order valence-electron chi connectivity index (χ0n) is 13.0. The average molecular weight is 375 g/mol. The Morgan fingerprint density at radius 2 is 1.60 bits per heavy atom. The van der Waals surface area contributed by atoms with Gasteiger partial charge in [-0.3, -0.25) is 19.8 Å². The lowest BCUT2D eigenvalue weighted by molar-refractivity contribution is 0.0995. The number of nitrogens with zero attached hydrogens (tertiary/aromatic N) is 1. The van der Waals surface area contributed by atoms with Gasteiger partial charge in [-0.15, -0.1) is 0 Å². The first kappa shape index (κ1) is 17.2. The van der Waals surface area contributed by atoms with Gasteiger partial charge in [0.05, 0.1) is 11.1 Å². The molecule has 3 rings (SSSR count). The minimum atomic E-state index is -0.607. The Morgan fingerprint density at radius 1 is 0.960 bits per heavy atom. The molecule has 1 aromatic heterocycles. The first-order valence-electron chi connectivity index (χ1n) is 7.30. The molecule has 0 spiro atoms. The normalized spacial score (nSPS) is 10.7. The third-order valence-corrected chi connectivity index (χ3v) is 4.15. The zero-order valence-corrected chi connectivity index (χ0v) is 14.6. The fourth-order valence-corrected chi connectivity index (χ4v) is 2.73. The van der Waals surface area contributed by atoms with Crippen molar-refractivity contribution in [1.29, 1.82) is 0 Å². The van der Waals surface area contributed by atoms with E-state index in [4.69, 9.17) is 23.2 Å². The summed E-state index contributed by atoms with van der Waals surface area (Å²) in [4.78, 5) is 36.8. The number of pyridine rings is 1.